The van der Waals surface area contributed by atoms with E-state index in [1.165, 1.54) is 23.9 Å². The van der Waals surface area contributed by atoms with Crippen molar-refractivity contribution in [2.24, 2.45) is 0 Å². The van der Waals surface area contributed by atoms with E-state index < -0.39 is 15.8 Å². The lowest BCUT2D eigenvalue weighted by Crippen LogP contribution is -2.14. The number of phenols is 1. The Labute approximate surface area is 144 Å². The smallest absolute Gasteiger partial charge is 0.339 e. The molecule has 24 heavy (non-hydrogen) atoms. The topological polar surface area (TPSA) is 101 Å². The van der Waals surface area contributed by atoms with E-state index in [-0.39, 0.29) is 34.3 Å². The summed E-state index contributed by atoms with van der Waals surface area (Å²) < 4.78 is 29.8. The molecule has 2 N–H and O–H groups in total. The second-order valence-corrected chi connectivity index (χ2v) is 7.82. The molecule has 0 bridgehead atoms. The van der Waals surface area contributed by atoms with Crippen LogP contribution in [0, 0.1) is 0 Å². The molecule has 2 aromatic carbocycles. The minimum Gasteiger partial charge on any atom is -0.507 e. The van der Waals surface area contributed by atoms with E-state index in [9.17, 15) is 18.3 Å². The zero-order valence-corrected chi connectivity index (χ0v) is 14.4. The van der Waals surface area contributed by atoms with Gasteiger partial charge in [0.1, 0.15) is 23.7 Å². The van der Waals surface area contributed by atoms with Crippen molar-refractivity contribution in [1.29, 1.82) is 0 Å². The summed E-state index contributed by atoms with van der Waals surface area (Å²) >= 11 is 1.52. The molecule has 0 aliphatic heterocycles. The van der Waals surface area contributed by atoms with Crippen LogP contribution in [0.15, 0.2) is 52.3 Å². The highest BCUT2D eigenvalue weighted by molar-refractivity contribution is 7.98. The normalized spacial score (nSPS) is 11.2. The van der Waals surface area contributed by atoms with Gasteiger partial charge in [-0.25, -0.2) is 13.2 Å². The zero-order chi connectivity index (χ0) is 17.7. The summed E-state index contributed by atoms with van der Waals surface area (Å²) in [7, 11) is -3.49. The molecule has 0 heterocycles. The van der Waals surface area contributed by atoms with Crippen LogP contribution in [-0.4, -0.2) is 43.2 Å². The van der Waals surface area contributed by atoms with E-state index in [2.05, 4.69) is 0 Å². The highest BCUT2D eigenvalue weighted by atomic mass is 32.2. The van der Waals surface area contributed by atoms with Gasteiger partial charge in [0.05, 0.1) is 10.6 Å². The highest BCUT2D eigenvalue weighted by Crippen LogP contribution is 2.23. The number of aromatic carboxylic acids is 1. The summed E-state index contributed by atoms with van der Waals surface area (Å²) in [4.78, 5) is 12.1. The minimum atomic E-state index is -3.49. The highest BCUT2D eigenvalue weighted by Gasteiger charge is 2.15. The standard InChI is InChI=1S/C16H16O6S2/c1-23-12-3-5-13(6-4-12)24(20,21)9-8-22-11-2-7-15(17)14(10-11)16(18)19/h2-7,10,17H,8-9H2,1H3,(H,18,19). The Bertz CT molecular complexity index is 828. The molecule has 0 aliphatic carbocycles. The van der Waals surface area contributed by atoms with Gasteiger partial charge >= 0.3 is 5.97 Å². The molecule has 0 fully saturated rings. The number of sulfone groups is 1. The number of carbonyl (C=O) groups is 1. The van der Waals surface area contributed by atoms with Crippen molar-refractivity contribution in [2.75, 3.05) is 18.6 Å². The first-order chi connectivity index (χ1) is 11.3. The Hall–Kier alpha value is -2.19. The van der Waals surface area contributed by atoms with Gasteiger partial charge in [0.25, 0.3) is 0 Å². The van der Waals surface area contributed by atoms with Gasteiger partial charge in [-0.15, -0.1) is 11.8 Å². The lowest BCUT2D eigenvalue weighted by atomic mass is 10.2. The molecular formula is C16H16O6S2. The number of carboxylic acid groups (broad SMARTS) is 1. The molecule has 8 heteroatoms. The lowest BCUT2D eigenvalue weighted by Gasteiger charge is -2.09. The maximum absolute atomic E-state index is 12.2. The predicted octanol–water partition coefficient (Wildman–Crippen LogP) is 2.67. The van der Waals surface area contributed by atoms with E-state index in [1.54, 1.807) is 24.3 Å². The van der Waals surface area contributed by atoms with Crippen molar-refractivity contribution >= 4 is 27.6 Å². The average molecular weight is 368 g/mol. The van der Waals surface area contributed by atoms with Gasteiger partial charge in [0, 0.05) is 4.90 Å². The van der Waals surface area contributed by atoms with Gasteiger partial charge in [0.15, 0.2) is 9.84 Å². The Kier molecular flexibility index (Phi) is 5.74. The molecular weight excluding hydrogens is 352 g/mol. The second-order valence-electron chi connectivity index (χ2n) is 4.83. The number of thioether (sulfide) groups is 1. The van der Waals surface area contributed by atoms with E-state index in [4.69, 9.17) is 9.84 Å². The lowest BCUT2D eigenvalue weighted by molar-refractivity contribution is 0.0693. The van der Waals surface area contributed by atoms with Crippen molar-refractivity contribution in [2.45, 2.75) is 9.79 Å². The van der Waals surface area contributed by atoms with Crippen LogP contribution < -0.4 is 4.74 Å². The fourth-order valence-corrected chi connectivity index (χ4v) is 3.44. The molecule has 128 valence electrons. The van der Waals surface area contributed by atoms with E-state index in [0.29, 0.717) is 0 Å². The summed E-state index contributed by atoms with van der Waals surface area (Å²) in [5.41, 5.74) is -0.303. The zero-order valence-electron chi connectivity index (χ0n) is 12.8. The summed E-state index contributed by atoms with van der Waals surface area (Å²) in [5.74, 6) is -1.73. The van der Waals surface area contributed by atoms with E-state index in [1.807, 2.05) is 6.26 Å². The minimum absolute atomic E-state index is 0.129. The molecule has 0 unspecified atom stereocenters. The van der Waals surface area contributed by atoms with E-state index >= 15 is 0 Å². The van der Waals surface area contributed by atoms with Gasteiger partial charge in [-0.05, 0) is 48.7 Å². The molecule has 2 rings (SSSR count). The number of carboxylic acids is 1. The Morgan fingerprint density at radius 1 is 1.17 bits per heavy atom. The average Bonchev–Trinajstić information content (AvgIpc) is 2.56. The van der Waals surface area contributed by atoms with Crippen molar-refractivity contribution in [3.63, 3.8) is 0 Å². The van der Waals surface area contributed by atoms with Crippen molar-refractivity contribution in [3.05, 3.63) is 48.0 Å². The first-order valence-electron chi connectivity index (χ1n) is 6.89. The molecule has 0 aromatic heterocycles. The van der Waals surface area contributed by atoms with Crippen LogP contribution in [0.5, 0.6) is 11.5 Å². The Morgan fingerprint density at radius 2 is 1.83 bits per heavy atom. The third-order valence-electron chi connectivity index (χ3n) is 3.24. The fraction of sp³-hybridized carbons (Fsp3) is 0.188. The van der Waals surface area contributed by atoms with Crippen molar-refractivity contribution in [3.8, 4) is 11.5 Å². The Balaban J connectivity index is 2.02. The maximum Gasteiger partial charge on any atom is 0.339 e. The molecule has 2 aromatic rings. The first kappa shape index (κ1) is 18.2. The molecule has 0 saturated heterocycles. The van der Waals surface area contributed by atoms with Crippen LogP contribution in [0.3, 0.4) is 0 Å². The van der Waals surface area contributed by atoms with Crippen LogP contribution in [0.1, 0.15) is 10.4 Å². The monoisotopic (exact) mass is 368 g/mol. The van der Waals surface area contributed by atoms with Crippen LogP contribution >= 0.6 is 11.8 Å². The third kappa shape index (κ3) is 4.42. The maximum atomic E-state index is 12.2. The molecule has 0 atom stereocenters. The quantitative estimate of drug-likeness (QED) is 0.725. The van der Waals surface area contributed by atoms with Gasteiger partial charge < -0.3 is 14.9 Å². The van der Waals surface area contributed by atoms with E-state index in [0.717, 1.165) is 11.0 Å². The molecule has 0 amide bonds. The van der Waals surface area contributed by atoms with Gasteiger partial charge in [0.2, 0.25) is 0 Å². The molecule has 0 aliphatic rings. The third-order valence-corrected chi connectivity index (χ3v) is 5.68. The van der Waals surface area contributed by atoms with Gasteiger partial charge in [-0.1, -0.05) is 0 Å². The number of hydrogen-bond donors (Lipinski definition) is 2. The van der Waals surface area contributed by atoms with Crippen molar-refractivity contribution < 1.29 is 28.2 Å². The van der Waals surface area contributed by atoms with Crippen LogP contribution in [0.2, 0.25) is 0 Å². The molecule has 0 saturated carbocycles. The van der Waals surface area contributed by atoms with Crippen LogP contribution in [0.25, 0.3) is 0 Å². The summed E-state index contributed by atoms with van der Waals surface area (Å²) in [6.07, 6.45) is 1.90. The summed E-state index contributed by atoms with van der Waals surface area (Å²) in [5, 5.41) is 18.3. The number of ether oxygens (including phenoxy) is 1. The predicted molar refractivity (Wildman–Crippen MR) is 90.8 cm³/mol. The molecule has 6 nitrogen and oxygen atoms in total. The van der Waals surface area contributed by atoms with Crippen molar-refractivity contribution in [1.82, 2.24) is 0 Å². The second kappa shape index (κ2) is 7.59. The summed E-state index contributed by atoms with van der Waals surface area (Å²) in [6.45, 7) is -0.129. The molecule has 0 spiro atoms. The number of aromatic hydroxyl groups is 1. The largest absolute Gasteiger partial charge is 0.507 e. The SMILES string of the molecule is CSc1ccc(S(=O)(=O)CCOc2ccc(O)c(C(=O)O)c2)cc1. The van der Waals surface area contributed by atoms with Crippen LogP contribution in [0.4, 0.5) is 0 Å². The fourth-order valence-electron chi connectivity index (χ4n) is 1.95. The summed E-state index contributed by atoms with van der Waals surface area (Å²) in [6, 6.07) is 10.3. The van der Waals surface area contributed by atoms with Gasteiger partial charge in [-0.2, -0.15) is 0 Å². The van der Waals surface area contributed by atoms with Gasteiger partial charge in [-0.3, -0.25) is 0 Å². The molecule has 0 radical (unpaired) electrons. The number of rotatable bonds is 7. The number of benzene rings is 2. The number of hydrogen-bond acceptors (Lipinski definition) is 6. The van der Waals surface area contributed by atoms with Crippen LogP contribution in [-0.2, 0) is 9.84 Å². The Morgan fingerprint density at radius 3 is 2.42 bits per heavy atom. The first-order valence-corrected chi connectivity index (χ1v) is 9.77.